The van der Waals surface area contributed by atoms with E-state index < -0.39 is 0 Å². The molecule has 21 heavy (non-hydrogen) atoms. The number of nitrogens with zero attached hydrogens (tertiary/aromatic N) is 2. The van der Waals surface area contributed by atoms with E-state index in [-0.39, 0.29) is 12.4 Å². The Bertz CT molecular complexity index is 535. The summed E-state index contributed by atoms with van der Waals surface area (Å²) in [6, 6.07) is 5.56. The molecule has 0 aliphatic carbocycles. The number of benzene rings is 1. The zero-order chi connectivity index (χ0) is 15.2. The second-order valence-corrected chi connectivity index (χ2v) is 5.71. The average Bonchev–Trinajstić information content (AvgIpc) is 2.61. The van der Waals surface area contributed by atoms with Gasteiger partial charge in [-0.25, -0.2) is 4.39 Å². The van der Waals surface area contributed by atoms with E-state index in [0.29, 0.717) is 11.6 Å². The van der Waals surface area contributed by atoms with Gasteiger partial charge in [-0.05, 0) is 44.6 Å². The molecule has 3 nitrogen and oxygen atoms in total. The molecule has 1 saturated heterocycles. The Hall–Kier alpha value is -1.41. The predicted octanol–water partition coefficient (Wildman–Crippen LogP) is 1.70. The van der Waals surface area contributed by atoms with Crippen LogP contribution in [0.4, 0.5) is 4.39 Å². The minimum Gasteiger partial charge on any atom is -0.384 e. The molecular weight excluding hydrogens is 267 g/mol. The monoisotopic (exact) mass is 290 g/mol. The van der Waals surface area contributed by atoms with E-state index in [0.717, 1.165) is 38.2 Å². The van der Waals surface area contributed by atoms with E-state index in [9.17, 15) is 4.39 Å². The summed E-state index contributed by atoms with van der Waals surface area (Å²) in [5.41, 5.74) is 1.43. The van der Waals surface area contributed by atoms with Crippen LogP contribution in [-0.4, -0.2) is 54.2 Å². The number of hydrogen-bond acceptors (Lipinski definition) is 3. The molecular formula is C17H23FN2O. The number of aliphatic hydroxyl groups is 1. The van der Waals surface area contributed by atoms with Gasteiger partial charge in [0.25, 0.3) is 0 Å². The average molecular weight is 290 g/mol. The molecule has 0 bridgehead atoms. The van der Waals surface area contributed by atoms with Crippen LogP contribution in [0, 0.1) is 17.7 Å². The standard InChI is InChI=1S/C17H23FN2O/c1-14-12-19(2)8-4-9-20(14)13-15-6-7-17(18)16(11-15)5-3-10-21/h6-7,11,14,21H,4,8-10,12-13H2,1-2H3. The Morgan fingerprint density at radius 2 is 2.19 bits per heavy atom. The quantitative estimate of drug-likeness (QED) is 0.840. The highest BCUT2D eigenvalue weighted by atomic mass is 19.1. The van der Waals surface area contributed by atoms with Gasteiger partial charge in [-0.3, -0.25) is 4.90 Å². The molecule has 1 atom stereocenters. The summed E-state index contributed by atoms with van der Waals surface area (Å²) in [7, 11) is 2.15. The van der Waals surface area contributed by atoms with Crippen molar-refractivity contribution in [1.82, 2.24) is 9.80 Å². The van der Waals surface area contributed by atoms with Crippen molar-refractivity contribution in [2.24, 2.45) is 0 Å². The molecule has 0 saturated carbocycles. The lowest BCUT2D eigenvalue weighted by Crippen LogP contribution is -2.37. The molecule has 2 rings (SSSR count). The Morgan fingerprint density at radius 1 is 1.38 bits per heavy atom. The summed E-state index contributed by atoms with van der Waals surface area (Å²) in [5.74, 6) is 4.84. The fraction of sp³-hybridized carbons (Fsp3) is 0.529. The van der Waals surface area contributed by atoms with E-state index in [1.807, 2.05) is 6.07 Å². The number of halogens is 1. The summed E-state index contributed by atoms with van der Waals surface area (Å²) in [6.07, 6.45) is 1.15. The Kier molecular flexibility index (Phi) is 5.75. The van der Waals surface area contributed by atoms with Crippen molar-refractivity contribution in [1.29, 1.82) is 0 Å². The Labute approximate surface area is 126 Å². The number of hydrogen-bond donors (Lipinski definition) is 1. The third-order valence-corrected chi connectivity index (χ3v) is 3.90. The van der Waals surface area contributed by atoms with Crippen molar-refractivity contribution in [2.45, 2.75) is 25.9 Å². The zero-order valence-electron chi connectivity index (χ0n) is 12.8. The molecule has 1 fully saturated rings. The van der Waals surface area contributed by atoms with Gasteiger partial charge in [-0.2, -0.15) is 0 Å². The molecule has 1 aromatic carbocycles. The minimum absolute atomic E-state index is 0.251. The molecule has 1 aliphatic rings. The maximum Gasteiger partial charge on any atom is 0.138 e. The molecule has 1 unspecified atom stereocenters. The van der Waals surface area contributed by atoms with Crippen LogP contribution in [0.3, 0.4) is 0 Å². The van der Waals surface area contributed by atoms with E-state index >= 15 is 0 Å². The Morgan fingerprint density at radius 3 is 2.95 bits per heavy atom. The van der Waals surface area contributed by atoms with Crippen LogP contribution in [0.2, 0.25) is 0 Å². The second-order valence-electron chi connectivity index (χ2n) is 5.71. The lowest BCUT2D eigenvalue weighted by molar-refractivity contribution is 0.194. The molecule has 114 valence electrons. The fourth-order valence-corrected chi connectivity index (χ4v) is 2.79. The van der Waals surface area contributed by atoms with Gasteiger partial charge >= 0.3 is 0 Å². The maximum absolute atomic E-state index is 13.7. The molecule has 4 heteroatoms. The van der Waals surface area contributed by atoms with Gasteiger partial charge < -0.3 is 10.0 Å². The van der Waals surface area contributed by atoms with Crippen molar-refractivity contribution in [3.05, 3.63) is 35.1 Å². The van der Waals surface area contributed by atoms with Crippen molar-refractivity contribution in [3.63, 3.8) is 0 Å². The van der Waals surface area contributed by atoms with E-state index in [2.05, 4.69) is 35.6 Å². The number of aliphatic hydroxyl groups excluding tert-OH is 1. The smallest absolute Gasteiger partial charge is 0.138 e. The van der Waals surface area contributed by atoms with Crippen molar-refractivity contribution in [3.8, 4) is 11.8 Å². The van der Waals surface area contributed by atoms with Crippen LogP contribution in [0.15, 0.2) is 18.2 Å². The highest BCUT2D eigenvalue weighted by Crippen LogP contribution is 2.16. The van der Waals surface area contributed by atoms with Gasteiger partial charge in [0.1, 0.15) is 12.4 Å². The maximum atomic E-state index is 13.7. The van der Waals surface area contributed by atoms with E-state index in [4.69, 9.17) is 5.11 Å². The molecule has 1 aromatic rings. The van der Waals surface area contributed by atoms with Gasteiger partial charge in [0.15, 0.2) is 0 Å². The molecule has 0 aromatic heterocycles. The van der Waals surface area contributed by atoms with Crippen LogP contribution in [0.1, 0.15) is 24.5 Å². The van der Waals surface area contributed by atoms with Gasteiger partial charge in [0.2, 0.25) is 0 Å². The van der Waals surface area contributed by atoms with Crippen LogP contribution in [0.5, 0.6) is 0 Å². The van der Waals surface area contributed by atoms with Crippen LogP contribution >= 0.6 is 0 Å². The van der Waals surface area contributed by atoms with E-state index in [1.165, 1.54) is 6.07 Å². The van der Waals surface area contributed by atoms with Gasteiger partial charge in [0, 0.05) is 25.7 Å². The van der Waals surface area contributed by atoms with Gasteiger partial charge in [-0.1, -0.05) is 17.9 Å². The third kappa shape index (κ3) is 4.53. The van der Waals surface area contributed by atoms with Gasteiger partial charge in [0.05, 0.1) is 5.56 Å². The number of likely N-dealkylation sites (N-methyl/N-ethyl adjacent to an activating group) is 1. The first-order valence-electron chi connectivity index (χ1n) is 7.41. The second kappa shape index (κ2) is 7.56. The SMILES string of the molecule is CC1CN(C)CCCN1Cc1ccc(F)c(C#CCO)c1. The minimum atomic E-state index is -0.330. The lowest BCUT2D eigenvalue weighted by atomic mass is 10.1. The number of rotatable bonds is 2. The molecule has 1 N–H and O–H groups in total. The topological polar surface area (TPSA) is 26.7 Å². The van der Waals surface area contributed by atoms with Crippen molar-refractivity contribution in [2.75, 3.05) is 33.3 Å². The molecule has 0 spiro atoms. The predicted molar refractivity (Wildman–Crippen MR) is 82.3 cm³/mol. The summed E-state index contributed by atoms with van der Waals surface area (Å²) in [6.45, 7) is 6.02. The first-order valence-corrected chi connectivity index (χ1v) is 7.41. The van der Waals surface area contributed by atoms with Crippen LogP contribution < -0.4 is 0 Å². The molecule has 0 amide bonds. The summed E-state index contributed by atoms with van der Waals surface area (Å²) in [5, 5.41) is 8.73. The van der Waals surface area contributed by atoms with Crippen LogP contribution in [-0.2, 0) is 6.54 Å². The molecule has 1 heterocycles. The first kappa shape index (κ1) is 16.0. The Balaban J connectivity index is 2.11. The lowest BCUT2D eigenvalue weighted by Gasteiger charge is -2.28. The normalized spacial score (nSPS) is 20.7. The highest BCUT2D eigenvalue weighted by Gasteiger charge is 2.19. The summed E-state index contributed by atoms with van der Waals surface area (Å²) in [4.78, 5) is 4.79. The van der Waals surface area contributed by atoms with Crippen molar-refractivity contribution < 1.29 is 9.50 Å². The highest BCUT2D eigenvalue weighted by molar-refractivity contribution is 5.38. The van der Waals surface area contributed by atoms with Crippen molar-refractivity contribution >= 4 is 0 Å². The van der Waals surface area contributed by atoms with E-state index in [1.54, 1.807) is 6.07 Å². The molecule has 0 radical (unpaired) electrons. The third-order valence-electron chi connectivity index (χ3n) is 3.90. The van der Waals surface area contributed by atoms with Gasteiger partial charge in [-0.15, -0.1) is 0 Å². The zero-order valence-corrected chi connectivity index (χ0v) is 12.8. The first-order chi connectivity index (χ1) is 10.1. The van der Waals surface area contributed by atoms with Crippen LogP contribution in [0.25, 0.3) is 0 Å². The summed E-state index contributed by atoms with van der Waals surface area (Å²) < 4.78 is 13.7. The fourth-order valence-electron chi connectivity index (χ4n) is 2.79. The summed E-state index contributed by atoms with van der Waals surface area (Å²) >= 11 is 0. The largest absolute Gasteiger partial charge is 0.384 e. The molecule has 1 aliphatic heterocycles.